The first-order valence-electron chi connectivity index (χ1n) is 6.37. The molecule has 0 aromatic heterocycles. The van der Waals surface area contributed by atoms with E-state index in [9.17, 15) is 9.59 Å². The first kappa shape index (κ1) is 16.9. The van der Waals surface area contributed by atoms with Crippen LogP contribution in [0.2, 0.25) is 0 Å². The summed E-state index contributed by atoms with van der Waals surface area (Å²) in [6.45, 7) is 5.68. The van der Waals surface area contributed by atoms with Crippen molar-refractivity contribution in [1.29, 1.82) is 0 Å². The van der Waals surface area contributed by atoms with Crippen molar-refractivity contribution in [2.45, 2.75) is 32.6 Å². The van der Waals surface area contributed by atoms with Crippen molar-refractivity contribution in [3.05, 3.63) is 42.5 Å². The van der Waals surface area contributed by atoms with Crippen molar-refractivity contribution >= 4 is 18.0 Å². The predicted molar refractivity (Wildman–Crippen MR) is 78.4 cm³/mol. The molecule has 19 heavy (non-hydrogen) atoms. The minimum atomic E-state index is -0.772. The Bertz CT molecular complexity index is 388. The number of nitrogens with two attached hydrogens (primary N) is 1. The van der Waals surface area contributed by atoms with Crippen LogP contribution in [0.4, 0.5) is 4.79 Å². The van der Waals surface area contributed by atoms with Gasteiger partial charge in [0.05, 0.1) is 0 Å². The van der Waals surface area contributed by atoms with Crippen molar-refractivity contribution in [2.24, 2.45) is 5.73 Å². The highest BCUT2D eigenvalue weighted by molar-refractivity contribution is 5.93. The van der Waals surface area contributed by atoms with Crippen LogP contribution < -0.4 is 11.1 Å². The zero-order valence-corrected chi connectivity index (χ0v) is 11.4. The summed E-state index contributed by atoms with van der Waals surface area (Å²) in [4.78, 5) is 20.8. The molecule has 4 heteroatoms. The van der Waals surface area contributed by atoms with Gasteiger partial charge in [0.25, 0.3) is 0 Å². The minimum absolute atomic E-state index is 0.286. The molecule has 0 atom stereocenters. The quantitative estimate of drug-likeness (QED) is 0.800. The van der Waals surface area contributed by atoms with Crippen molar-refractivity contribution < 1.29 is 9.59 Å². The molecule has 0 aliphatic heterocycles. The number of amides is 3. The van der Waals surface area contributed by atoms with E-state index in [-0.39, 0.29) is 5.91 Å². The number of benzene rings is 1. The van der Waals surface area contributed by atoms with E-state index in [1.54, 1.807) is 0 Å². The summed E-state index contributed by atoms with van der Waals surface area (Å²) in [5.74, 6) is -0.286. The molecule has 0 heterocycles. The van der Waals surface area contributed by atoms with Gasteiger partial charge in [0.1, 0.15) is 0 Å². The van der Waals surface area contributed by atoms with Crippen molar-refractivity contribution in [3.8, 4) is 0 Å². The third kappa shape index (κ3) is 10.8. The molecular weight excluding hydrogens is 240 g/mol. The molecule has 4 nitrogen and oxygen atoms in total. The number of unbranched alkanes of at least 4 members (excludes halogenated alkanes) is 2. The number of carbonyl (C=O) groups excluding carboxylic acids is 2. The van der Waals surface area contributed by atoms with Crippen LogP contribution in [0.5, 0.6) is 0 Å². The first-order valence-corrected chi connectivity index (χ1v) is 6.37. The molecule has 0 aliphatic rings. The second-order valence-electron chi connectivity index (χ2n) is 3.98. The van der Waals surface area contributed by atoms with Gasteiger partial charge in [-0.2, -0.15) is 0 Å². The van der Waals surface area contributed by atoms with Gasteiger partial charge in [-0.15, -0.1) is 0 Å². The smallest absolute Gasteiger partial charge is 0.318 e. The number of nitrogens with one attached hydrogen (secondary N) is 1. The molecule has 0 aliphatic carbocycles. The summed E-state index contributed by atoms with van der Waals surface area (Å²) in [7, 11) is 0. The van der Waals surface area contributed by atoms with Gasteiger partial charge in [0, 0.05) is 6.42 Å². The van der Waals surface area contributed by atoms with Gasteiger partial charge in [0.2, 0.25) is 5.91 Å². The Morgan fingerprint density at radius 2 is 1.89 bits per heavy atom. The van der Waals surface area contributed by atoms with Gasteiger partial charge >= 0.3 is 6.03 Å². The topological polar surface area (TPSA) is 72.2 Å². The Labute approximate surface area is 114 Å². The second kappa shape index (κ2) is 11.0. The molecule has 0 spiro atoms. The summed E-state index contributed by atoms with van der Waals surface area (Å²) in [6.07, 6.45) is 5.10. The molecule has 1 rings (SSSR count). The van der Waals surface area contributed by atoms with E-state index in [4.69, 9.17) is 5.73 Å². The Morgan fingerprint density at radius 3 is 2.32 bits per heavy atom. The van der Waals surface area contributed by atoms with Gasteiger partial charge in [-0.1, -0.05) is 62.8 Å². The van der Waals surface area contributed by atoms with Gasteiger partial charge in [-0.3, -0.25) is 10.1 Å². The number of carbonyl (C=O) groups is 2. The Hall–Kier alpha value is -2.10. The highest BCUT2D eigenvalue weighted by Crippen LogP contribution is 1.98. The highest BCUT2D eigenvalue weighted by Gasteiger charge is 2.01. The van der Waals surface area contributed by atoms with Crippen molar-refractivity contribution in [1.82, 2.24) is 5.32 Å². The Balaban J connectivity index is 0.000000356. The molecule has 104 valence electrons. The molecule has 0 fully saturated rings. The van der Waals surface area contributed by atoms with E-state index in [1.165, 1.54) is 5.56 Å². The van der Waals surface area contributed by atoms with Crippen LogP contribution in [-0.4, -0.2) is 11.9 Å². The molecule has 0 saturated carbocycles. The maximum atomic E-state index is 10.7. The van der Waals surface area contributed by atoms with Crippen molar-refractivity contribution in [2.75, 3.05) is 0 Å². The van der Waals surface area contributed by atoms with E-state index in [2.05, 4.69) is 6.58 Å². The number of primary amides is 1. The Kier molecular flexibility index (Phi) is 9.80. The van der Waals surface area contributed by atoms with Crippen LogP contribution in [0, 0.1) is 0 Å². The number of rotatable bonds is 5. The van der Waals surface area contributed by atoms with E-state index in [0.29, 0.717) is 6.42 Å². The van der Waals surface area contributed by atoms with Crippen LogP contribution in [-0.2, 0) is 4.79 Å². The first-order chi connectivity index (χ1) is 9.10. The fraction of sp³-hybridized carbons (Fsp3) is 0.333. The zero-order chi connectivity index (χ0) is 14.5. The molecule has 0 unspecified atom stereocenters. The van der Waals surface area contributed by atoms with Gasteiger partial charge in [-0.25, -0.2) is 4.79 Å². The highest BCUT2D eigenvalue weighted by atomic mass is 16.2. The monoisotopic (exact) mass is 262 g/mol. The van der Waals surface area contributed by atoms with Crippen molar-refractivity contribution in [3.63, 3.8) is 0 Å². The van der Waals surface area contributed by atoms with Gasteiger partial charge in [0.15, 0.2) is 0 Å². The maximum Gasteiger partial charge on any atom is 0.318 e. The largest absolute Gasteiger partial charge is 0.351 e. The number of hydrogen-bond acceptors (Lipinski definition) is 2. The third-order valence-corrected chi connectivity index (χ3v) is 2.31. The summed E-state index contributed by atoms with van der Waals surface area (Å²) < 4.78 is 0. The standard InChI is InChI=1S/C8H8.C7H14N2O2/c1-2-8-6-4-3-5-7-8;1-2-3-4-5-6(10)9-7(8)11/h2-7H,1H2;2-5H2,1H3,(H3,8,9,10,11). The van der Waals surface area contributed by atoms with E-state index in [0.717, 1.165) is 19.3 Å². The summed E-state index contributed by atoms with van der Waals surface area (Å²) in [5, 5.41) is 2.00. The van der Waals surface area contributed by atoms with E-state index >= 15 is 0 Å². The molecular formula is C15H22N2O2. The molecule has 3 N–H and O–H groups in total. The predicted octanol–water partition coefficient (Wildman–Crippen LogP) is 3.09. The molecule has 1 aromatic rings. The van der Waals surface area contributed by atoms with Crippen LogP contribution in [0.3, 0.4) is 0 Å². The lowest BCUT2D eigenvalue weighted by atomic mass is 10.2. The third-order valence-electron chi connectivity index (χ3n) is 2.31. The second-order valence-corrected chi connectivity index (χ2v) is 3.98. The van der Waals surface area contributed by atoms with Crippen LogP contribution in [0.1, 0.15) is 38.2 Å². The number of urea groups is 1. The fourth-order valence-electron chi connectivity index (χ4n) is 1.32. The fourth-order valence-corrected chi connectivity index (χ4v) is 1.32. The van der Waals surface area contributed by atoms with E-state index < -0.39 is 6.03 Å². The lowest BCUT2D eigenvalue weighted by Crippen LogP contribution is -2.34. The molecule has 0 bridgehead atoms. The molecule has 0 radical (unpaired) electrons. The lowest BCUT2D eigenvalue weighted by molar-refractivity contribution is -0.120. The van der Waals surface area contributed by atoms with Crippen LogP contribution in [0.15, 0.2) is 36.9 Å². The lowest BCUT2D eigenvalue weighted by Gasteiger charge is -1.98. The van der Waals surface area contributed by atoms with Gasteiger partial charge in [-0.05, 0) is 12.0 Å². The van der Waals surface area contributed by atoms with Crippen LogP contribution in [0.25, 0.3) is 6.08 Å². The Morgan fingerprint density at radius 1 is 1.26 bits per heavy atom. The maximum absolute atomic E-state index is 10.7. The van der Waals surface area contributed by atoms with Gasteiger partial charge < -0.3 is 5.73 Å². The molecule has 1 aromatic carbocycles. The molecule has 3 amide bonds. The minimum Gasteiger partial charge on any atom is -0.351 e. The average molecular weight is 262 g/mol. The average Bonchev–Trinajstić information content (AvgIpc) is 2.40. The summed E-state index contributed by atoms with van der Waals surface area (Å²) in [6, 6.07) is 9.26. The zero-order valence-electron chi connectivity index (χ0n) is 11.4. The van der Waals surface area contributed by atoms with E-state index in [1.807, 2.05) is 48.6 Å². The summed E-state index contributed by atoms with van der Waals surface area (Å²) >= 11 is 0. The SMILES string of the molecule is C=Cc1ccccc1.CCCCCC(=O)NC(N)=O. The molecule has 0 saturated heterocycles. The number of imide groups is 1. The van der Waals surface area contributed by atoms with Crippen LogP contribution >= 0.6 is 0 Å². The summed E-state index contributed by atoms with van der Waals surface area (Å²) in [5.41, 5.74) is 5.90. The number of hydrogen-bond donors (Lipinski definition) is 2. The normalized spacial score (nSPS) is 8.89.